The van der Waals surface area contributed by atoms with Crippen LogP contribution in [0.1, 0.15) is 11.3 Å². The third-order valence-corrected chi connectivity index (χ3v) is 1.91. The lowest BCUT2D eigenvalue weighted by Crippen LogP contribution is -2.06. The van der Waals surface area contributed by atoms with Crippen LogP contribution in [0.25, 0.3) is 0 Å². The van der Waals surface area contributed by atoms with Crippen molar-refractivity contribution >= 4 is 5.82 Å². The Kier molecular flexibility index (Phi) is 2.99. The largest absolute Gasteiger partial charge is 0.362 e. The van der Waals surface area contributed by atoms with Gasteiger partial charge in [0.15, 0.2) is 5.82 Å². The van der Waals surface area contributed by atoms with Gasteiger partial charge in [0.05, 0.1) is 24.0 Å². The molecular formula is C10H8N6. The third-order valence-electron chi connectivity index (χ3n) is 1.91. The molecule has 1 N–H and O–H groups in total. The Bertz CT molecular complexity index is 504. The average molecular weight is 212 g/mol. The smallest absolute Gasteiger partial charge is 0.166 e. The van der Waals surface area contributed by atoms with Crippen molar-refractivity contribution in [3.05, 3.63) is 41.9 Å². The Morgan fingerprint density at radius 2 is 2.06 bits per heavy atom. The first-order chi connectivity index (χ1) is 7.90. The summed E-state index contributed by atoms with van der Waals surface area (Å²) in [7, 11) is 0. The molecule has 0 saturated carbocycles. The van der Waals surface area contributed by atoms with Crippen LogP contribution < -0.4 is 5.32 Å². The summed E-state index contributed by atoms with van der Waals surface area (Å²) in [5.41, 5.74) is 1.23. The second-order valence-corrected chi connectivity index (χ2v) is 2.97. The van der Waals surface area contributed by atoms with Gasteiger partial charge in [0.25, 0.3) is 0 Å². The Morgan fingerprint density at radius 1 is 1.19 bits per heavy atom. The Balaban J connectivity index is 2.09. The lowest BCUT2D eigenvalue weighted by atomic mass is 10.3. The molecule has 0 radical (unpaired) electrons. The molecule has 2 rings (SSSR count). The molecule has 0 bridgehead atoms. The number of hydrogen-bond acceptors (Lipinski definition) is 6. The molecule has 2 heterocycles. The molecule has 2 aromatic rings. The van der Waals surface area contributed by atoms with Gasteiger partial charge >= 0.3 is 0 Å². The van der Waals surface area contributed by atoms with Gasteiger partial charge in [-0.25, -0.2) is 0 Å². The van der Waals surface area contributed by atoms with E-state index in [2.05, 4.69) is 25.7 Å². The zero-order valence-electron chi connectivity index (χ0n) is 8.33. The highest BCUT2D eigenvalue weighted by atomic mass is 15.2. The number of hydrogen-bond donors (Lipinski definition) is 1. The van der Waals surface area contributed by atoms with Crippen molar-refractivity contribution in [2.24, 2.45) is 0 Å². The van der Waals surface area contributed by atoms with Crippen LogP contribution in [0.2, 0.25) is 0 Å². The Labute approximate surface area is 92.0 Å². The normalized spacial score (nSPS) is 9.44. The fourth-order valence-corrected chi connectivity index (χ4v) is 1.15. The van der Waals surface area contributed by atoms with Crippen LogP contribution in [-0.4, -0.2) is 20.4 Å². The first-order valence-electron chi connectivity index (χ1n) is 4.62. The van der Waals surface area contributed by atoms with E-state index in [0.717, 1.165) is 5.69 Å². The van der Waals surface area contributed by atoms with E-state index in [0.29, 0.717) is 17.9 Å². The van der Waals surface area contributed by atoms with Gasteiger partial charge in [0.1, 0.15) is 6.07 Å². The number of nitrogens with one attached hydrogen (secondary N) is 1. The number of nitrogens with zero attached hydrogens (tertiary/aromatic N) is 5. The van der Waals surface area contributed by atoms with Gasteiger partial charge in [0.2, 0.25) is 0 Å². The van der Waals surface area contributed by atoms with Crippen LogP contribution in [-0.2, 0) is 6.54 Å². The Hall–Kier alpha value is -2.55. The molecule has 0 saturated heterocycles. The molecule has 0 aliphatic carbocycles. The lowest BCUT2D eigenvalue weighted by Gasteiger charge is -2.04. The van der Waals surface area contributed by atoms with Crippen LogP contribution in [0.5, 0.6) is 0 Å². The molecule has 0 amide bonds. The van der Waals surface area contributed by atoms with Crippen molar-refractivity contribution in [3.8, 4) is 6.07 Å². The number of rotatable bonds is 3. The summed E-state index contributed by atoms with van der Waals surface area (Å²) in [6, 6.07) is 7.27. The molecule has 0 aromatic carbocycles. The van der Waals surface area contributed by atoms with E-state index in [4.69, 9.17) is 5.26 Å². The summed E-state index contributed by atoms with van der Waals surface area (Å²) < 4.78 is 0. The van der Waals surface area contributed by atoms with E-state index in [9.17, 15) is 0 Å². The van der Waals surface area contributed by atoms with Gasteiger partial charge < -0.3 is 5.32 Å². The van der Waals surface area contributed by atoms with E-state index in [1.165, 1.54) is 6.20 Å². The number of nitriles is 1. The third kappa shape index (κ3) is 2.27. The second kappa shape index (κ2) is 4.79. The minimum atomic E-state index is 0.454. The van der Waals surface area contributed by atoms with Gasteiger partial charge in [-0.15, -0.1) is 5.10 Å². The molecule has 78 valence electrons. The van der Waals surface area contributed by atoms with E-state index < -0.39 is 0 Å². The van der Waals surface area contributed by atoms with E-state index >= 15 is 0 Å². The van der Waals surface area contributed by atoms with Crippen LogP contribution in [0.3, 0.4) is 0 Å². The van der Waals surface area contributed by atoms with Crippen molar-refractivity contribution in [1.82, 2.24) is 20.4 Å². The van der Waals surface area contributed by atoms with Gasteiger partial charge in [-0.2, -0.15) is 20.6 Å². The maximum atomic E-state index is 8.83. The van der Waals surface area contributed by atoms with Crippen LogP contribution in [0.4, 0.5) is 5.82 Å². The lowest BCUT2D eigenvalue weighted by molar-refractivity contribution is 0.910. The summed E-state index contributed by atoms with van der Waals surface area (Å²) in [6.45, 7) is 0.460. The van der Waals surface area contributed by atoms with Gasteiger partial charge in [-0.05, 0) is 18.2 Å². The second-order valence-electron chi connectivity index (χ2n) is 2.97. The molecule has 0 aliphatic rings. The van der Waals surface area contributed by atoms with Crippen molar-refractivity contribution in [3.63, 3.8) is 0 Å². The fraction of sp³-hybridized carbons (Fsp3) is 0.100. The standard InChI is InChI=1S/C10H8N6/c11-6-8-3-5-14-16-10(8)12-7-9-2-1-4-13-15-9/h1-5H,7H2,(H,12,16). The summed E-state index contributed by atoms with van der Waals surface area (Å²) in [6.07, 6.45) is 3.08. The average Bonchev–Trinajstić information content (AvgIpc) is 2.38. The molecule has 2 aromatic heterocycles. The molecule has 0 fully saturated rings. The molecular weight excluding hydrogens is 204 g/mol. The number of anilines is 1. The predicted molar refractivity (Wildman–Crippen MR) is 56.1 cm³/mol. The van der Waals surface area contributed by atoms with Crippen LogP contribution in [0, 0.1) is 11.3 Å². The van der Waals surface area contributed by atoms with Crippen molar-refractivity contribution in [1.29, 1.82) is 5.26 Å². The van der Waals surface area contributed by atoms with Crippen molar-refractivity contribution in [2.45, 2.75) is 6.54 Å². The van der Waals surface area contributed by atoms with Crippen LogP contribution in [0.15, 0.2) is 30.6 Å². The maximum Gasteiger partial charge on any atom is 0.166 e. The van der Waals surface area contributed by atoms with Crippen LogP contribution >= 0.6 is 0 Å². The monoisotopic (exact) mass is 212 g/mol. The highest BCUT2D eigenvalue weighted by molar-refractivity contribution is 5.50. The highest BCUT2D eigenvalue weighted by Gasteiger charge is 2.02. The van der Waals surface area contributed by atoms with E-state index in [-0.39, 0.29) is 0 Å². The molecule has 6 heteroatoms. The zero-order valence-corrected chi connectivity index (χ0v) is 8.33. The molecule has 0 unspecified atom stereocenters. The number of aromatic nitrogens is 4. The molecule has 16 heavy (non-hydrogen) atoms. The quantitative estimate of drug-likeness (QED) is 0.807. The molecule has 0 spiro atoms. The minimum absolute atomic E-state index is 0.454. The summed E-state index contributed by atoms with van der Waals surface area (Å²) in [5.74, 6) is 0.454. The first kappa shape index (κ1) is 9.98. The molecule has 0 atom stereocenters. The van der Waals surface area contributed by atoms with E-state index in [1.54, 1.807) is 18.3 Å². The highest BCUT2D eigenvalue weighted by Crippen LogP contribution is 2.08. The van der Waals surface area contributed by atoms with Gasteiger partial charge in [-0.1, -0.05) is 0 Å². The van der Waals surface area contributed by atoms with Crippen molar-refractivity contribution < 1.29 is 0 Å². The fourth-order valence-electron chi connectivity index (χ4n) is 1.15. The van der Waals surface area contributed by atoms with Gasteiger partial charge in [-0.3, -0.25) is 0 Å². The molecule has 0 aliphatic heterocycles. The summed E-state index contributed by atoms with van der Waals surface area (Å²) in [5, 5.41) is 27.0. The summed E-state index contributed by atoms with van der Waals surface area (Å²) in [4.78, 5) is 0. The minimum Gasteiger partial charge on any atom is -0.362 e. The van der Waals surface area contributed by atoms with Crippen molar-refractivity contribution in [2.75, 3.05) is 5.32 Å². The first-order valence-corrected chi connectivity index (χ1v) is 4.62. The van der Waals surface area contributed by atoms with E-state index in [1.807, 2.05) is 12.1 Å². The summed E-state index contributed by atoms with van der Waals surface area (Å²) >= 11 is 0. The maximum absolute atomic E-state index is 8.83. The topological polar surface area (TPSA) is 87.4 Å². The van der Waals surface area contributed by atoms with Gasteiger partial charge in [0, 0.05) is 6.20 Å². The Morgan fingerprint density at radius 3 is 2.81 bits per heavy atom. The predicted octanol–water partition coefficient (Wildman–Crippen LogP) is 0.750. The molecule has 6 nitrogen and oxygen atoms in total. The SMILES string of the molecule is N#Cc1ccnnc1NCc1cccnn1. The zero-order chi connectivity index (χ0) is 11.2.